The van der Waals surface area contributed by atoms with E-state index in [1.807, 2.05) is 61.5 Å². The number of nitrogens with one attached hydrogen (secondary N) is 1. The van der Waals surface area contributed by atoms with Crippen molar-refractivity contribution < 1.29 is 23.8 Å². The summed E-state index contributed by atoms with van der Waals surface area (Å²) < 4.78 is 17.2. The Morgan fingerprint density at radius 2 is 1.74 bits per heavy atom. The number of hydrogen-bond acceptors (Lipinski definition) is 5. The van der Waals surface area contributed by atoms with E-state index in [0.29, 0.717) is 30.3 Å². The van der Waals surface area contributed by atoms with E-state index in [0.717, 1.165) is 17.1 Å². The molecule has 3 aromatic carbocycles. The van der Waals surface area contributed by atoms with E-state index in [-0.39, 0.29) is 24.8 Å². The van der Waals surface area contributed by atoms with Crippen molar-refractivity contribution >= 4 is 23.2 Å². The second-order valence-corrected chi connectivity index (χ2v) is 8.06. The van der Waals surface area contributed by atoms with E-state index in [1.165, 1.54) is 0 Å². The lowest BCUT2D eigenvalue weighted by atomic mass is 10.1. The number of fused-ring (bicyclic) bond motifs is 1. The summed E-state index contributed by atoms with van der Waals surface area (Å²) >= 11 is 0. The summed E-state index contributed by atoms with van der Waals surface area (Å²) in [5.41, 5.74) is 2.29. The molecule has 0 aliphatic carbocycles. The first-order valence-corrected chi connectivity index (χ1v) is 11.3. The summed E-state index contributed by atoms with van der Waals surface area (Å²) in [5.74, 6) is 1.74. The number of ether oxygens (including phenoxy) is 3. The van der Waals surface area contributed by atoms with Gasteiger partial charge in [-0.2, -0.15) is 0 Å². The Labute approximate surface area is 199 Å². The molecule has 1 heterocycles. The lowest BCUT2D eigenvalue weighted by Crippen LogP contribution is -2.46. The molecule has 0 aromatic heterocycles. The van der Waals surface area contributed by atoms with Crippen LogP contribution in [-0.2, 0) is 9.59 Å². The van der Waals surface area contributed by atoms with Gasteiger partial charge in [0.2, 0.25) is 5.91 Å². The fourth-order valence-electron chi connectivity index (χ4n) is 3.68. The summed E-state index contributed by atoms with van der Waals surface area (Å²) in [6.45, 7) is 4.68. The van der Waals surface area contributed by atoms with E-state index >= 15 is 0 Å². The molecule has 2 amide bonds. The number of benzene rings is 3. The van der Waals surface area contributed by atoms with Gasteiger partial charge in [-0.15, -0.1) is 0 Å². The summed E-state index contributed by atoms with van der Waals surface area (Å²) in [5, 5.41) is 2.87. The van der Waals surface area contributed by atoms with Gasteiger partial charge in [-0.05, 0) is 61.9 Å². The van der Waals surface area contributed by atoms with Crippen molar-refractivity contribution in [2.45, 2.75) is 26.4 Å². The van der Waals surface area contributed by atoms with Crippen LogP contribution in [0.15, 0.2) is 72.8 Å². The van der Waals surface area contributed by atoms with Crippen molar-refractivity contribution in [1.29, 1.82) is 0 Å². The van der Waals surface area contributed by atoms with Gasteiger partial charge in [0.05, 0.1) is 25.3 Å². The Morgan fingerprint density at radius 3 is 2.53 bits per heavy atom. The second kappa shape index (κ2) is 10.7. The Balaban J connectivity index is 1.38. The van der Waals surface area contributed by atoms with E-state index in [9.17, 15) is 9.59 Å². The highest BCUT2D eigenvalue weighted by molar-refractivity contribution is 6.01. The third-order valence-corrected chi connectivity index (χ3v) is 5.37. The highest BCUT2D eigenvalue weighted by atomic mass is 16.5. The average Bonchev–Trinajstić information content (AvgIpc) is 2.82. The molecule has 0 fully saturated rings. The van der Waals surface area contributed by atoms with E-state index in [1.54, 1.807) is 30.0 Å². The zero-order chi connectivity index (χ0) is 23.9. The number of amides is 2. The van der Waals surface area contributed by atoms with E-state index in [2.05, 4.69) is 5.32 Å². The molecule has 1 N–H and O–H groups in total. The van der Waals surface area contributed by atoms with Crippen LogP contribution in [0.5, 0.6) is 17.2 Å². The van der Waals surface area contributed by atoms with E-state index < -0.39 is 6.10 Å². The van der Waals surface area contributed by atoms with Crippen LogP contribution in [0, 0.1) is 6.92 Å². The van der Waals surface area contributed by atoms with Gasteiger partial charge in [0.25, 0.3) is 5.91 Å². The van der Waals surface area contributed by atoms with Gasteiger partial charge < -0.3 is 24.4 Å². The standard InChI is InChI=1S/C27H28N2O5/c1-19-7-6-10-23(17-19)33-16-14-29-24-18-21(11-12-25(24)34-20(2)27(29)31)28-26(30)13-15-32-22-8-4-3-5-9-22/h3-12,17-18,20H,13-16H2,1-2H3,(H,28,30). The van der Waals surface area contributed by atoms with Crippen molar-refractivity contribution in [2.24, 2.45) is 0 Å². The van der Waals surface area contributed by atoms with Gasteiger partial charge in [0.15, 0.2) is 6.10 Å². The van der Waals surface area contributed by atoms with Crippen LogP contribution in [0.1, 0.15) is 18.9 Å². The first kappa shape index (κ1) is 23.2. The minimum absolute atomic E-state index is 0.153. The smallest absolute Gasteiger partial charge is 0.267 e. The van der Waals surface area contributed by atoms with Crippen molar-refractivity contribution in [3.63, 3.8) is 0 Å². The summed E-state index contributed by atoms with van der Waals surface area (Å²) in [7, 11) is 0. The molecule has 0 saturated heterocycles. The average molecular weight is 461 g/mol. The molecule has 1 aliphatic rings. The minimum Gasteiger partial charge on any atom is -0.493 e. The molecule has 0 saturated carbocycles. The number of nitrogens with zero attached hydrogens (tertiary/aromatic N) is 1. The minimum atomic E-state index is -0.595. The van der Waals surface area contributed by atoms with Gasteiger partial charge in [-0.25, -0.2) is 0 Å². The number of para-hydroxylation sites is 1. The van der Waals surface area contributed by atoms with Crippen LogP contribution in [-0.4, -0.2) is 37.7 Å². The third kappa shape index (κ3) is 5.86. The van der Waals surface area contributed by atoms with Crippen LogP contribution in [0.2, 0.25) is 0 Å². The fraction of sp³-hybridized carbons (Fsp3) is 0.259. The second-order valence-electron chi connectivity index (χ2n) is 8.06. The summed E-state index contributed by atoms with van der Waals surface area (Å²) in [6, 6.07) is 22.4. The molecule has 1 unspecified atom stereocenters. The summed E-state index contributed by atoms with van der Waals surface area (Å²) in [6.07, 6.45) is -0.394. The Morgan fingerprint density at radius 1 is 0.971 bits per heavy atom. The zero-order valence-electron chi connectivity index (χ0n) is 19.3. The predicted octanol–water partition coefficient (Wildman–Crippen LogP) is 4.60. The van der Waals surface area contributed by atoms with Crippen LogP contribution < -0.4 is 24.4 Å². The Kier molecular flexibility index (Phi) is 7.32. The lowest BCUT2D eigenvalue weighted by Gasteiger charge is -2.33. The van der Waals surface area contributed by atoms with E-state index in [4.69, 9.17) is 14.2 Å². The number of hydrogen-bond donors (Lipinski definition) is 1. The molecular formula is C27H28N2O5. The number of aryl methyl sites for hydroxylation is 1. The molecule has 0 spiro atoms. The molecule has 1 aliphatic heterocycles. The van der Waals surface area contributed by atoms with Crippen molar-refractivity contribution in [1.82, 2.24) is 0 Å². The molecule has 34 heavy (non-hydrogen) atoms. The topological polar surface area (TPSA) is 77.1 Å². The lowest BCUT2D eigenvalue weighted by molar-refractivity contribution is -0.125. The first-order valence-electron chi connectivity index (χ1n) is 11.3. The molecule has 1 atom stereocenters. The molecule has 7 heteroatoms. The number of carbonyl (C=O) groups excluding carboxylic acids is 2. The van der Waals surface area contributed by atoms with Gasteiger partial charge in [0.1, 0.15) is 23.9 Å². The summed E-state index contributed by atoms with van der Waals surface area (Å²) in [4.78, 5) is 26.9. The highest BCUT2D eigenvalue weighted by Crippen LogP contribution is 2.36. The van der Waals surface area contributed by atoms with Crippen LogP contribution >= 0.6 is 0 Å². The number of rotatable bonds is 9. The normalized spacial score (nSPS) is 14.7. The maximum atomic E-state index is 12.8. The Bertz CT molecular complexity index is 1150. The zero-order valence-corrected chi connectivity index (χ0v) is 19.3. The van der Waals surface area contributed by atoms with Crippen molar-refractivity contribution in [2.75, 3.05) is 30.0 Å². The first-order chi connectivity index (χ1) is 16.5. The quantitative estimate of drug-likeness (QED) is 0.505. The molecular weight excluding hydrogens is 432 g/mol. The van der Waals surface area contributed by atoms with Gasteiger partial charge in [-0.3, -0.25) is 9.59 Å². The van der Waals surface area contributed by atoms with Gasteiger partial charge in [-0.1, -0.05) is 30.3 Å². The van der Waals surface area contributed by atoms with Crippen LogP contribution in [0.4, 0.5) is 11.4 Å². The maximum absolute atomic E-state index is 12.8. The fourth-order valence-corrected chi connectivity index (χ4v) is 3.68. The largest absolute Gasteiger partial charge is 0.493 e. The molecule has 0 bridgehead atoms. The van der Waals surface area contributed by atoms with Crippen LogP contribution in [0.3, 0.4) is 0 Å². The van der Waals surface area contributed by atoms with Crippen LogP contribution in [0.25, 0.3) is 0 Å². The van der Waals surface area contributed by atoms with Gasteiger partial charge >= 0.3 is 0 Å². The van der Waals surface area contributed by atoms with Crippen molar-refractivity contribution in [3.8, 4) is 17.2 Å². The molecule has 0 radical (unpaired) electrons. The molecule has 3 aromatic rings. The molecule has 4 rings (SSSR count). The number of carbonyl (C=O) groups is 2. The third-order valence-electron chi connectivity index (χ3n) is 5.37. The van der Waals surface area contributed by atoms with Gasteiger partial charge in [0, 0.05) is 5.69 Å². The maximum Gasteiger partial charge on any atom is 0.267 e. The monoisotopic (exact) mass is 460 g/mol. The molecule has 7 nitrogen and oxygen atoms in total. The molecule has 176 valence electrons. The van der Waals surface area contributed by atoms with Crippen molar-refractivity contribution in [3.05, 3.63) is 78.4 Å². The highest BCUT2D eigenvalue weighted by Gasteiger charge is 2.31. The number of anilines is 2. The Hall–Kier alpha value is -4.00. The SMILES string of the molecule is Cc1cccc(OCCN2C(=O)C(C)Oc3ccc(NC(=O)CCOc4ccccc4)cc32)c1. The predicted molar refractivity (Wildman–Crippen MR) is 131 cm³/mol.